The number of ether oxygens (including phenoxy) is 1. The second kappa shape index (κ2) is 8.59. The van der Waals surface area contributed by atoms with Crippen LogP contribution >= 0.6 is 0 Å². The smallest absolute Gasteiger partial charge is 0.292 e. The number of hydrogen-bond donors (Lipinski definition) is 1. The summed E-state index contributed by atoms with van der Waals surface area (Å²) in [7, 11) is 1.68. The van der Waals surface area contributed by atoms with Crippen molar-refractivity contribution in [3.63, 3.8) is 0 Å². The fraction of sp³-hybridized carbons (Fsp3) is 0.600. The highest BCUT2D eigenvalue weighted by atomic mass is 16.6. The van der Waals surface area contributed by atoms with Crippen LogP contribution in [0, 0.1) is 10.1 Å². The van der Waals surface area contributed by atoms with Gasteiger partial charge in [-0.15, -0.1) is 0 Å². The van der Waals surface area contributed by atoms with Crippen molar-refractivity contribution in [2.75, 3.05) is 32.1 Å². The molecule has 0 heterocycles. The number of para-hydroxylation sites is 1. The number of likely N-dealkylation sites (N-methyl/N-ethyl adjacent to an activating group) is 1. The summed E-state index contributed by atoms with van der Waals surface area (Å²) >= 11 is 0. The van der Waals surface area contributed by atoms with Gasteiger partial charge in [-0.05, 0) is 26.0 Å². The zero-order chi connectivity index (χ0) is 15.8. The van der Waals surface area contributed by atoms with Crippen LogP contribution in [0.2, 0.25) is 0 Å². The number of benzene rings is 1. The molecule has 21 heavy (non-hydrogen) atoms. The van der Waals surface area contributed by atoms with E-state index in [9.17, 15) is 10.1 Å². The van der Waals surface area contributed by atoms with E-state index >= 15 is 0 Å². The first-order chi connectivity index (χ1) is 10.0. The normalized spacial score (nSPS) is 12.4. The van der Waals surface area contributed by atoms with Crippen LogP contribution in [0.15, 0.2) is 18.2 Å². The molecule has 1 aromatic carbocycles. The predicted molar refractivity (Wildman–Crippen MR) is 84.7 cm³/mol. The number of methoxy groups -OCH3 is 1. The fourth-order valence-corrected chi connectivity index (χ4v) is 2.40. The van der Waals surface area contributed by atoms with E-state index in [0.29, 0.717) is 25.4 Å². The Bertz CT molecular complexity index is 465. The van der Waals surface area contributed by atoms with Crippen molar-refractivity contribution < 1.29 is 9.66 Å². The van der Waals surface area contributed by atoms with Gasteiger partial charge in [0.2, 0.25) is 0 Å². The molecule has 0 fully saturated rings. The summed E-state index contributed by atoms with van der Waals surface area (Å²) in [4.78, 5) is 13.1. The standard InChI is InChI=1S/C15H25N3O3/c1-5-16-15-13(8-7-9-14(15)18(19)20)10-17(6-2)12(3)11-21-4/h7-9,12,16H,5-6,10-11H2,1-4H3. The Morgan fingerprint density at radius 3 is 2.67 bits per heavy atom. The Balaban J connectivity index is 3.05. The monoisotopic (exact) mass is 295 g/mol. The first-order valence-electron chi connectivity index (χ1n) is 7.28. The minimum Gasteiger partial charge on any atom is -0.383 e. The predicted octanol–water partition coefficient (Wildman–Crippen LogP) is 2.88. The lowest BCUT2D eigenvalue weighted by molar-refractivity contribution is -0.384. The van der Waals surface area contributed by atoms with Crippen molar-refractivity contribution in [3.05, 3.63) is 33.9 Å². The zero-order valence-corrected chi connectivity index (χ0v) is 13.3. The SMILES string of the molecule is CCNc1c(CN(CC)C(C)COC)cccc1[N+](=O)[O-]. The Labute approximate surface area is 126 Å². The molecule has 0 aliphatic heterocycles. The number of anilines is 1. The molecule has 0 aliphatic carbocycles. The minimum absolute atomic E-state index is 0.129. The lowest BCUT2D eigenvalue weighted by atomic mass is 10.1. The van der Waals surface area contributed by atoms with Gasteiger partial charge in [0.05, 0.1) is 11.5 Å². The molecule has 0 spiro atoms. The van der Waals surface area contributed by atoms with E-state index < -0.39 is 0 Å². The van der Waals surface area contributed by atoms with Gasteiger partial charge in [0.1, 0.15) is 5.69 Å². The molecule has 6 nitrogen and oxygen atoms in total. The molecular weight excluding hydrogens is 270 g/mol. The molecule has 0 radical (unpaired) electrons. The van der Waals surface area contributed by atoms with Crippen molar-refractivity contribution in [1.29, 1.82) is 0 Å². The first-order valence-corrected chi connectivity index (χ1v) is 7.28. The number of hydrogen-bond acceptors (Lipinski definition) is 5. The number of nitrogens with zero attached hydrogens (tertiary/aromatic N) is 2. The molecule has 0 aromatic heterocycles. The second-order valence-electron chi connectivity index (χ2n) is 4.97. The Kier molecular flexibility index (Phi) is 7.11. The molecule has 0 bridgehead atoms. The highest BCUT2D eigenvalue weighted by Crippen LogP contribution is 2.29. The summed E-state index contributed by atoms with van der Waals surface area (Å²) < 4.78 is 5.20. The van der Waals surface area contributed by atoms with Crippen molar-refractivity contribution >= 4 is 11.4 Å². The van der Waals surface area contributed by atoms with Crippen LogP contribution in [0.1, 0.15) is 26.3 Å². The summed E-state index contributed by atoms with van der Waals surface area (Å²) in [6.07, 6.45) is 0. The number of nitro groups is 1. The van der Waals surface area contributed by atoms with E-state index in [1.807, 2.05) is 13.0 Å². The molecule has 0 aliphatic rings. The third-order valence-electron chi connectivity index (χ3n) is 3.49. The molecule has 1 aromatic rings. The topological polar surface area (TPSA) is 67.6 Å². The van der Waals surface area contributed by atoms with Crippen molar-refractivity contribution in [2.45, 2.75) is 33.4 Å². The average Bonchev–Trinajstić information content (AvgIpc) is 2.46. The largest absolute Gasteiger partial charge is 0.383 e. The van der Waals surface area contributed by atoms with Gasteiger partial charge >= 0.3 is 0 Å². The van der Waals surface area contributed by atoms with Crippen LogP contribution in [0.3, 0.4) is 0 Å². The van der Waals surface area contributed by atoms with E-state index in [1.165, 1.54) is 6.07 Å². The molecule has 1 atom stereocenters. The highest BCUT2D eigenvalue weighted by molar-refractivity contribution is 5.66. The number of nitrogens with one attached hydrogen (secondary N) is 1. The van der Waals surface area contributed by atoms with Gasteiger partial charge in [0.25, 0.3) is 5.69 Å². The van der Waals surface area contributed by atoms with E-state index in [1.54, 1.807) is 13.2 Å². The molecule has 1 rings (SSSR count). The van der Waals surface area contributed by atoms with Crippen LogP contribution in [-0.2, 0) is 11.3 Å². The molecule has 0 saturated carbocycles. The summed E-state index contributed by atoms with van der Waals surface area (Å²) in [5.41, 5.74) is 1.69. The minimum atomic E-state index is -0.337. The third-order valence-corrected chi connectivity index (χ3v) is 3.49. The van der Waals surface area contributed by atoms with Gasteiger partial charge in [-0.25, -0.2) is 0 Å². The molecule has 1 N–H and O–H groups in total. The second-order valence-corrected chi connectivity index (χ2v) is 4.97. The van der Waals surface area contributed by atoms with E-state index in [-0.39, 0.29) is 16.7 Å². The first kappa shape index (κ1) is 17.4. The van der Waals surface area contributed by atoms with Crippen molar-refractivity contribution in [2.24, 2.45) is 0 Å². The maximum atomic E-state index is 11.2. The zero-order valence-electron chi connectivity index (χ0n) is 13.3. The molecule has 1 unspecified atom stereocenters. The molecule has 0 amide bonds. The van der Waals surface area contributed by atoms with Crippen LogP contribution < -0.4 is 5.32 Å². The van der Waals surface area contributed by atoms with E-state index in [2.05, 4.69) is 24.1 Å². The molecule has 118 valence electrons. The Morgan fingerprint density at radius 1 is 1.43 bits per heavy atom. The number of rotatable bonds is 9. The summed E-state index contributed by atoms with van der Waals surface area (Å²) in [5.74, 6) is 0. The molecule has 6 heteroatoms. The number of nitro benzene ring substituents is 1. The lowest BCUT2D eigenvalue weighted by Gasteiger charge is -2.28. The van der Waals surface area contributed by atoms with Crippen molar-refractivity contribution in [3.8, 4) is 0 Å². The van der Waals surface area contributed by atoms with Gasteiger partial charge in [-0.3, -0.25) is 15.0 Å². The highest BCUT2D eigenvalue weighted by Gasteiger charge is 2.20. The molecular formula is C15H25N3O3. The average molecular weight is 295 g/mol. The van der Waals surface area contributed by atoms with Crippen LogP contribution in [-0.4, -0.2) is 42.7 Å². The Morgan fingerprint density at radius 2 is 2.14 bits per heavy atom. The van der Waals surface area contributed by atoms with Gasteiger partial charge in [0, 0.05) is 32.3 Å². The van der Waals surface area contributed by atoms with Crippen LogP contribution in [0.5, 0.6) is 0 Å². The maximum Gasteiger partial charge on any atom is 0.292 e. The lowest BCUT2D eigenvalue weighted by Crippen LogP contribution is -2.35. The third kappa shape index (κ3) is 4.68. The van der Waals surface area contributed by atoms with Crippen molar-refractivity contribution in [1.82, 2.24) is 4.90 Å². The summed E-state index contributed by atoms with van der Waals surface area (Å²) in [6.45, 7) is 8.92. The van der Waals surface area contributed by atoms with E-state index in [0.717, 1.165) is 12.1 Å². The fourth-order valence-electron chi connectivity index (χ4n) is 2.40. The van der Waals surface area contributed by atoms with E-state index in [4.69, 9.17) is 4.74 Å². The van der Waals surface area contributed by atoms with Gasteiger partial charge in [0.15, 0.2) is 0 Å². The van der Waals surface area contributed by atoms with Crippen LogP contribution in [0.4, 0.5) is 11.4 Å². The summed E-state index contributed by atoms with van der Waals surface area (Å²) in [5, 5.41) is 14.3. The summed E-state index contributed by atoms with van der Waals surface area (Å²) in [6, 6.07) is 5.47. The quantitative estimate of drug-likeness (QED) is 0.560. The Hall–Kier alpha value is -1.66. The molecule has 0 saturated heterocycles. The van der Waals surface area contributed by atoms with Gasteiger partial charge in [-0.2, -0.15) is 0 Å². The van der Waals surface area contributed by atoms with Gasteiger partial charge in [-0.1, -0.05) is 19.1 Å². The van der Waals surface area contributed by atoms with Crippen LogP contribution in [0.25, 0.3) is 0 Å². The van der Waals surface area contributed by atoms with Gasteiger partial charge < -0.3 is 10.1 Å². The maximum absolute atomic E-state index is 11.2.